The Labute approximate surface area is 318 Å². The maximum atomic E-state index is 13.3. The molecule has 0 heterocycles. The summed E-state index contributed by atoms with van der Waals surface area (Å²) in [6.07, 6.45) is -0.872. The van der Waals surface area contributed by atoms with Crippen LogP contribution in [0.5, 0.6) is 0 Å². The van der Waals surface area contributed by atoms with Crippen LogP contribution in [0.1, 0.15) is 58.9 Å². The molecule has 6 amide bonds. The highest BCUT2D eigenvalue weighted by Gasteiger charge is 2.32. The van der Waals surface area contributed by atoms with Crippen molar-refractivity contribution in [3.8, 4) is 0 Å². The second kappa shape index (κ2) is 23.8. The molecule has 1 aromatic carbocycles. The molecule has 306 valence electrons. The molecular formula is C34H54N10O11. The van der Waals surface area contributed by atoms with E-state index < -0.39 is 109 Å². The molecule has 0 aliphatic heterocycles. The lowest BCUT2D eigenvalue weighted by Gasteiger charge is -2.25. The number of nitrogens with two attached hydrogens (primary N) is 3. The minimum absolute atomic E-state index is 0.0199. The Morgan fingerprint density at radius 2 is 1.13 bits per heavy atom. The Hall–Kier alpha value is -5.83. The molecule has 1 aromatic rings. The van der Waals surface area contributed by atoms with Gasteiger partial charge in [-0.2, -0.15) is 0 Å². The molecule has 0 aromatic heterocycles. The fourth-order valence-electron chi connectivity index (χ4n) is 4.75. The maximum absolute atomic E-state index is 13.3. The Morgan fingerprint density at radius 1 is 0.655 bits per heavy atom. The molecule has 1 rings (SSSR count). The fraction of sp³-hybridized carbons (Fsp3) is 0.559. The van der Waals surface area contributed by atoms with Crippen LogP contribution in [0.25, 0.3) is 0 Å². The number of hydrogen-bond acceptors (Lipinski definition) is 11. The number of aliphatic imine (C=N–C) groups is 1. The van der Waals surface area contributed by atoms with Gasteiger partial charge < -0.3 is 64.4 Å². The minimum atomic E-state index is -1.53. The summed E-state index contributed by atoms with van der Waals surface area (Å²) >= 11 is 0. The van der Waals surface area contributed by atoms with Crippen LogP contribution >= 0.6 is 0 Å². The Kier molecular flexibility index (Phi) is 20.4. The van der Waals surface area contributed by atoms with E-state index in [0.29, 0.717) is 5.56 Å². The first kappa shape index (κ1) is 47.2. The number of carboxylic acids is 2. The van der Waals surface area contributed by atoms with Gasteiger partial charge in [-0.3, -0.25) is 38.6 Å². The third kappa shape index (κ3) is 17.7. The summed E-state index contributed by atoms with van der Waals surface area (Å²) in [5, 5.41) is 42.8. The van der Waals surface area contributed by atoms with Crippen LogP contribution in [-0.4, -0.2) is 124 Å². The van der Waals surface area contributed by atoms with E-state index in [9.17, 15) is 48.6 Å². The number of aliphatic hydroxyl groups excluding tert-OH is 1. The van der Waals surface area contributed by atoms with E-state index >= 15 is 0 Å². The molecule has 0 bridgehead atoms. The molecule has 55 heavy (non-hydrogen) atoms. The SMILES string of the molecule is CC(NC(=O)C(C)NC(=O)C(CCC(=O)O)NC(=O)C(CO)NC(=O)C(N)C(C)C)C(=O)NC(CCCN=C(N)N)C(=O)NC(Cc1ccccc1)C(=O)O. The second-order valence-electron chi connectivity index (χ2n) is 13.1. The lowest BCUT2D eigenvalue weighted by molar-refractivity contribution is -0.142. The highest BCUT2D eigenvalue weighted by Crippen LogP contribution is 2.07. The fourth-order valence-corrected chi connectivity index (χ4v) is 4.75. The van der Waals surface area contributed by atoms with Crippen molar-refractivity contribution in [3.63, 3.8) is 0 Å². The van der Waals surface area contributed by atoms with Crippen molar-refractivity contribution >= 4 is 53.3 Å². The molecule has 7 unspecified atom stereocenters. The van der Waals surface area contributed by atoms with Gasteiger partial charge in [0.05, 0.1) is 12.6 Å². The van der Waals surface area contributed by atoms with Crippen LogP contribution in [0.3, 0.4) is 0 Å². The van der Waals surface area contributed by atoms with Crippen LogP contribution in [0.15, 0.2) is 35.3 Å². The number of carbonyl (C=O) groups is 8. The molecule has 0 aliphatic rings. The zero-order valence-electron chi connectivity index (χ0n) is 31.2. The van der Waals surface area contributed by atoms with Crippen LogP contribution in [0.4, 0.5) is 0 Å². The highest BCUT2D eigenvalue weighted by molar-refractivity contribution is 5.97. The molecule has 0 saturated heterocycles. The standard InChI is InChI=1S/C34H54N10O11/c1-17(2)26(35)32(53)44-24(16-45)31(52)42-22(12-13-25(46)47)29(50)40-18(3)27(48)39-19(4)28(49)41-21(11-8-14-38-34(36)37)30(51)43-23(33(54)55)15-20-9-6-5-7-10-20/h5-7,9-10,17-19,21-24,26,45H,8,11-16,35H2,1-4H3,(H,39,48)(H,40,50)(H,41,49)(H,42,52)(H,43,51)(H,44,53)(H,46,47)(H,54,55)(H4,36,37,38). The average molecular weight is 779 g/mol. The Morgan fingerprint density at radius 3 is 1.65 bits per heavy atom. The van der Waals surface area contributed by atoms with Crippen LogP contribution in [0.2, 0.25) is 0 Å². The van der Waals surface area contributed by atoms with Gasteiger partial charge in [-0.05, 0) is 44.6 Å². The number of amides is 6. The van der Waals surface area contributed by atoms with Gasteiger partial charge in [0.25, 0.3) is 0 Å². The van der Waals surface area contributed by atoms with Crippen molar-refractivity contribution in [1.29, 1.82) is 0 Å². The number of nitrogens with zero attached hydrogens (tertiary/aromatic N) is 1. The first-order valence-corrected chi connectivity index (χ1v) is 17.5. The maximum Gasteiger partial charge on any atom is 0.326 e. The number of rotatable bonds is 24. The largest absolute Gasteiger partial charge is 0.481 e. The summed E-state index contributed by atoms with van der Waals surface area (Å²) in [7, 11) is 0. The molecule has 0 saturated carbocycles. The van der Waals surface area contributed by atoms with E-state index in [4.69, 9.17) is 22.3 Å². The van der Waals surface area contributed by atoms with Gasteiger partial charge in [0.15, 0.2) is 5.96 Å². The van der Waals surface area contributed by atoms with Crippen molar-refractivity contribution in [1.82, 2.24) is 31.9 Å². The zero-order valence-corrected chi connectivity index (χ0v) is 31.2. The highest BCUT2D eigenvalue weighted by atomic mass is 16.4. The molecule has 0 fully saturated rings. The van der Waals surface area contributed by atoms with E-state index in [1.54, 1.807) is 44.2 Å². The lowest BCUT2D eigenvalue weighted by Crippen LogP contribution is -2.59. The Bertz CT molecular complexity index is 1520. The van der Waals surface area contributed by atoms with E-state index in [-0.39, 0.29) is 37.7 Å². The van der Waals surface area contributed by atoms with Crippen LogP contribution in [-0.2, 0) is 44.8 Å². The molecular weight excluding hydrogens is 724 g/mol. The first-order chi connectivity index (χ1) is 25.8. The van der Waals surface area contributed by atoms with Gasteiger partial charge in [-0.15, -0.1) is 0 Å². The summed E-state index contributed by atoms with van der Waals surface area (Å²) in [5.74, 6) is -8.41. The van der Waals surface area contributed by atoms with Gasteiger partial charge in [0, 0.05) is 19.4 Å². The predicted molar refractivity (Wildman–Crippen MR) is 197 cm³/mol. The van der Waals surface area contributed by atoms with Gasteiger partial charge >= 0.3 is 11.9 Å². The monoisotopic (exact) mass is 778 g/mol. The van der Waals surface area contributed by atoms with Crippen LogP contribution < -0.4 is 49.1 Å². The van der Waals surface area contributed by atoms with E-state index in [0.717, 1.165) is 0 Å². The third-order valence-electron chi connectivity index (χ3n) is 8.10. The Balaban J connectivity index is 3.01. The number of nitrogens with one attached hydrogen (secondary N) is 6. The van der Waals surface area contributed by atoms with Gasteiger partial charge in [0.1, 0.15) is 36.3 Å². The molecule has 7 atom stereocenters. The second-order valence-corrected chi connectivity index (χ2v) is 13.1. The number of carbonyl (C=O) groups excluding carboxylic acids is 6. The third-order valence-corrected chi connectivity index (χ3v) is 8.10. The molecule has 0 radical (unpaired) electrons. The van der Waals surface area contributed by atoms with Crippen molar-refractivity contribution in [2.24, 2.45) is 28.1 Å². The molecule has 0 spiro atoms. The summed E-state index contributed by atoms with van der Waals surface area (Å²) < 4.78 is 0. The molecule has 15 N–H and O–H groups in total. The topological polar surface area (TPSA) is 360 Å². The minimum Gasteiger partial charge on any atom is -0.481 e. The number of aliphatic carboxylic acids is 2. The first-order valence-electron chi connectivity index (χ1n) is 17.5. The molecule has 0 aliphatic carbocycles. The number of carboxylic acid groups (broad SMARTS) is 2. The van der Waals surface area contributed by atoms with Crippen molar-refractivity contribution in [3.05, 3.63) is 35.9 Å². The zero-order chi connectivity index (χ0) is 41.8. The molecule has 21 nitrogen and oxygen atoms in total. The van der Waals surface area contributed by atoms with Gasteiger partial charge in [-0.25, -0.2) is 4.79 Å². The number of hydrogen-bond donors (Lipinski definition) is 12. The van der Waals surface area contributed by atoms with E-state index in [1.807, 2.05) is 0 Å². The number of guanidine groups is 1. The summed E-state index contributed by atoms with van der Waals surface area (Å²) in [5.41, 5.74) is 17.1. The van der Waals surface area contributed by atoms with Gasteiger partial charge in [0.2, 0.25) is 35.4 Å². The smallest absolute Gasteiger partial charge is 0.326 e. The van der Waals surface area contributed by atoms with E-state index in [1.165, 1.54) is 13.8 Å². The van der Waals surface area contributed by atoms with Gasteiger partial charge in [-0.1, -0.05) is 44.2 Å². The normalized spacial score (nSPS) is 14.7. The lowest BCUT2D eigenvalue weighted by atomic mass is 10.0. The van der Waals surface area contributed by atoms with Crippen LogP contribution in [0, 0.1) is 5.92 Å². The van der Waals surface area contributed by atoms with Crippen molar-refractivity contribution in [2.45, 2.75) is 102 Å². The average Bonchev–Trinajstić information content (AvgIpc) is 3.12. The summed E-state index contributed by atoms with van der Waals surface area (Å²) in [6, 6.07) is -0.780. The summed E-state index contributed by atoms with van der Waals surface area (Å²) in [6.45, 7) is 5.08. The van der Waals surface area contributed by atoms with Crippen molar-refractivity contribution in [2.75, 3.05) is 13.2 Å². The molecule has 21 heteroatoms. The number of benzene rings is 1. The summed E-state index contributed by atoms with van der Waals surface area (Å²) in [4.78, 5) is 105. The predicted octanol–water partition coefficient (Wildman–Crippen LogP) is -3.84. The van der Waals surface area contributed by atoms with E-state index in [2.05, 4.69) is 36.9 Å². The van der Waals surface area contributed by atoms with Crippen molar-refractivity contribution < 1.29 is 53.7 Å². The number of aliphatic hydroxyl groups is 1. The quantitative estimate of drug-likeness (QED) is 0.0272.